The molecular weight excluding hydrogens is 240 g/mol. The summed E-state index contributed by atoms with van der Waals surface area (Å²) in [5, 5.41) is 3.79. The molecule has 1 aromatic rings. The fourth-order valence-corrected chi connectivity index (χ4v) is 2.37. The standard InChI is InChI=1S/C11H20N4O.ClH/c1-7(2)9-4-15(5-10(9)12)6-11-13-8(3)14-16-11;/h7,9-10H,4-6,12H2,1-3H3;1H/t9-,10+;/m1./s1. The van der Waals surface area contributed by atoms with Gasteiger partial charge in [-0.2, -0.15) is 4.98 Å². The van der Waals surface area contributed by atoms with Crippen LogP contribution in [0.5, 0.6) is 0 Å². The third-order valence-electron chi connectivity index (χ3n) is 3.27. The van der Waals surface area contributed by atoms with Crippen LogP contribution in [0.1, 0.15) is 25.6 Å². The van der Waals surface area contributed by atoms with Crippen molar-refractivity contribution in [1.82, 2.24) is 15.0 Å². The number of likely N-dealkylation sites (tertiary alicyclic amines) is 1. The SMILES string of the molecule is Cc1noc(CN2C[C@H](C(C)C)[C@@H](N)C2)n1.Cl. The summed E-state index contributed by atoms with van der Waals surface area (Å²) >= 11 is 0. The first kappa shape index (κ1) is 14.4. The van der Waals surface area contributed by atoms with E-state index in [0.717, 1.165) is 19.6 Å². The molecule has 0 aromatic carbocycles. The van der Waals surface area contributed by atoms with Gasteiger partial charge in [0.1, 0.15) is 0 Å². The predicted molar refractivity (Wildman–Crippen MR) is 67.9 cm³/mol. The van der Waals surface area contributed by atoms with Gasteiger partial charge in [0.05, 0.1) is 6.54 Å². The maximum atomic E-state index is 6.12. The molecule has 0 spiro atoms. The van der Waals surface area contributed by atoms with Gasteiger partial charge >= 0.3 is 0 Å². The Morgan fingerprint density at radius 3 is 2.65 bits per heavy atom. The second kappa shape index (κ2) is 5.80. The molecule has 1 aromatic heterocycles. The van der Waals surface area contributed by atoms with Crippen LogP contribution in [0.2, 0.25) is 0 Å². The Hall–Kier alpha value is -0.650. The quantitative estimate of drug-likeness (QED) is 0.885. The topological polar surface area (TPSA) is 68.2 Å². The van der Waals surface area contributed by atoms with Crippen molar-refractivity contribution in [2.45, 2.75) is 33.4 Å². The lowest BCUT2D eigenvalue weighted by Crippen LogP contribution is -2.32. The molecule has 1 saturated heterocycles. The van der Waals surface area contributed by atoms with Gasteiger partial charge in [0, 0.05) is 19.1 Å². The Morgan fingerprint density at radius 1 is 1.47 bits per heavy atom. The van der Waals surface area contributed by atoms with Gasteiger partial charge in [0.15, 0.2) is 5.82 Å². The van der Waals surface area contributed by atoms with E-state index in [2.05, 4.69) is 28.9 Å². The molecule has 98 valence electrons. The highest BCUT2D eigenvalue weighted by Gasteiger charge is 2.32. The highest BCUT2D eigenvalue weighted by Crippen LogP contribution is 2.23. The minimum atomic E-state index is 0. The third kappa shape index (κ3) is 3.40. The summed E-state index contributed by atoms with van der Waals surface area (Å²) in [6, 6.07) is 0.268. The Labute approximate surface area is 108 Å². The van der Waals surface area contributed by atoms with Gasteiger partial charge in [-0.05, 0) is 18.8 Å². The Kier molecular flexibility index (Phi) is 4.91. The van der Waals surface area contributed by atoms with E-state index < -0.39 is 0 Å². The molecule has 2 heterocycles. The third-order valence-corrected chi connectivity index (χ3v) is 3.27. The molecule has 2 rings (SSSR count). The fourth-order valence-electron chi connectivity index (χ4n) is 2.37. The minimum Gasteiger partial charge on any atom is -0.338 e. The summed E-state index contributed by atoms with van der Waals surface area (Å²) in [7, 11) is 0. The molecule has 1 aliphatic heterocycles. The van der Waals surface area contributed by atoms with Gasteiger partial charge in [-0.25, -0.2) is 0 Å². The van der Waals surface area contributed by atoms with Crippen molar-refractivity contribution in [2.24, 2.45) is 17.6 Å². The average molecular weight is 261 g/mol. The van der Waals surface area contributed by atoms with Crippen LogP contribution in [0.3, 0.4) is 0 Å². The maximum absolute atomic E-state index is 6.12. The molecular formula is C11H21ClN4O. The van der Waals surface area contributed by atoms with Crippen molar-refractivity contribution in [3.05, 3.63) is 11.7 Å². The molecule has 0 unspecified atom stereocenters. The van der Waals surface area contributed by atoms with Gasteiger partial charge in [-0.15, -0.1) is 12.4 Å². The first-order chi connectivity index (χ1) is 7.56. The Morgan fingerprint density at radius 2 is 2.18 bits per heavy atom. The number of halogens is 1. The fraction of sp³-hybridized carbons (Fsp3) is 0.818. The molecule has 2 N–H and O–H groups in total. The van der Waals surface area contributed by atoms with Gasteiger partial charge in [-0.1, -0.05) is 19.0 Å². The van der Waals surface area contributed by atoms with Crippen molar-refractivity contribution >= 4 is 12.4 Å². The number of aryl methyl sites for hydroxylation is 1. The number of hydrogen-bond acceptors (Lipinski definition) is 5. The molecule has 0 radical (unpaired) electrons. The summed E-state index contributed by atoms with van der Waals surface area (Å²) in [4.78, 5) is 6.50. The Bertz CT molecular complexity index is 355. The molecule has 2 atom stereocenters. The molecule has 1 aliphatic rings. The van der Waals surface area contributed by atoms with Crippen molar-refractivity contribution < 1.29 is 4.52 Å². The van der Waals surface area contributed by atoms with Crippen molar-refractivity contribution in [1.29, 1.82) is 0 Å². The zero-order chi connectivity index (χ0) is 11.7. The summed E-state index contributed by atoms with van der Waals surface area (Å²) in [6.07, 6.45) is 0. The number of nitrogens with zero attached hydrogens (tertiary/aromatic N) is 3. The predicted octanol–water partition coefficient (Wildman–Crippen LogP) is 1.21. The van der Waals surface area contributed by atoms with Crippen molar-refractivity contribution in [3.8, 4) is 0 Å². The molecule has 5 nitrogen and oxygen atoms in total. The lowest BCUT2D eigenvalue weighted by molar-refractivity contribution is 0.251. The van der Waals surface area contributed by atoms with E-state index >= 15 is 0 Å². The van der Waals surface area contributed by atoms with E-state index in [9.17, 15) is 0 Å². The summed E-state index contributed by atoms with van der Waals surface area (Å²) in [5.41, 5.74) is 6.12. The van der Waals surface area contributed by atoms with Crippen LogP contribution in [-0.2, 0) is 6.54 Å². The van der Waals surface area contributed by atoms with E-state index in [1.54, 1.807) is 0 Å². The van der Waals surface area contributed by atoms with Crippen molar-refractivity contribution in [3.63, 3.8) is 0 Å². The van der Waals surface area contributed by atoms with E-state index in [1.807, 2.05) is 6.92 Å². The van der Waals surface area contributed by atoms with Crippen molar-refractivity contribution in [2.75, 3.05) is 13.1 Å². The van der Waals surface area contributed by atoms with E-state index in [-0.39, 0.29) is 18.4 Å². The van der Waals surface area contributed by atoms with Crippen LogP contribution in [0.15, 0.2) is 4.52 Å². The highest BCUT2D eigenvalue weighted by molar-refractivity contribution is 5.85. The van der Waals surface area contributed by atoms with Crippen LogP contribution >= 0.6 is 12.4 Å². The van der Waals surface area contributed by atoms with Crippen LogP contribution in [0.4, 0.5) is 0 Å². The first-order valence-electron chi connectivity index (χ1n) is 5.83. The average Bonchev–Trinajstić information content (AvgIpc) is 2.73. The van der Waals surface area contributed by atoms with Gasteiger partial charge in [0.2, 0.25) is 5.89 Å². The van der Waals surface area contributed by atoms with Crippen LogP contribution < -0.4 is 5.73 Å². The summed E-state index contributed by atoms with van der Waals surface area (Å²) in [5.74, 6) is 2.58. The second-order valence-corrected chi connectivity index (χ2v) is 5.00. The molecule has 0 bridgehead atoms. The molecule has 0 saturated carbocycles. The molecule has 1 fully saturated rings. The van der Waals surface area contributed by atoms with Gasteiger partial charge < -0.3 is 10.3 Å². The zero-order valence-corrected chi connectivity index (χ0v) is 11.4. The number of aromatic nitrogens is 2. The zero-order valence-electron chi connectivity index (χ0n) is 10.6. The van der Waals surface area contributed by atoms with E-state index in [1.165, 1.54) is 0 Å². The van der Waals surface area contributed by atoms with Crippen LogP contribution in [-0.4, -0.2) is 34.2 Å². The second-order valence-electron chi connectivity index (χ2n) is 5.00. The number of nitrogens with two attached hydrogens (primary N) is 1. The van der Waals surface area contributed by atoms with Gasteiger partial charge in [-0.3, -0.25) is 4.90 Å². The molecule has 0 aliphatic carbocycles. The monoisotopic (exact) mass is 260 g/mol. The first-order valence-corrected chi connectivity index (χ1v) is 5.83. The molecule has 6 heteroatoms. The number of hydrogen-bond donors (Lipinski definition) is 1. The molecule has 17 heavy (non-hydrogen) atoms. The van der Waals surface area contributed by atoms with E-state index in [0.29, 0.717) is 23.6 Å². The summed E-state index contributed by atoms with van der Waals surface area (Å²) in [6.45, 7) is 8.96. The minimum absolute atomic E-state index is 0. The van der Waals surface area contributed by atoms with Gasteiger partial charge in [0.25, 0.3) is 0 Å². The molecule has 0 amide bonds. The van der Waals surface area contributed by atoms with E-state index in [4.69, 9.17) is 10.3 Å². The lowest BCUT2D eigenvalue weighted by atomic mass is 9.92. The Balaban J connectivity index is 0.00000144. The normalized spacial score (nSPS) is 25.2. The summed E-state index contributed by atoms with van der Waals surface area (Å²) < 4.78 is 5.11. The highest BCUT2D eigenvalue weighted by atomic mass is 35.5. The lowest BCUT2D eigenvalue weighted by Gasteiger charge is -2.18. The number of rotatable bonds is 3. The van der Waals surface area contributed by atoms with Crippen LogP contribution in [0, 0.1) is 18.8 Å². The van der Waals surface area contributed by atoms with Crippen LogP contribution in [0.25, 0.3) is 0 Å². The maximum Gasteiger partial charge on any atom is 0.240 e. The largest absolute Gasteiger partial charge is 0.338 e. The smallest absolute Gasteiger partial charge is 0.240 e.